The molecule has 0 fully saturated rings. The van der Waals surface area contributed by atoms with Crippen molar-refractivity contribution in [2.45, 2.75) is 19.9 Å². The van der Waals surface area contributed by atoms with Gasteiger partial charge < -0.3 is 15.3 Å². The van der Waals surface area contributed by atoms with Crippen LogP contribution in [0.2, 0.25) is 0 Å². The number of benzene rings is 1. The van der Waals surface area contributed by atoms with E-state index in [1.807, 2.05) is 31.0 Å². The van der Waals surface area contributed by atoms with Gasteiger partial charge in [-0.1, -0.05) is 15.9 Å². The number of nitrogens with one attached hydrogen (secondary N) is 1. The summed E-state index contributed by atoms with van der Waals surface area (Å²) in [6.45, 7) is 3.14. The van der Waals surface area contributed by atoms with E-state index in [1.54, 1.807) is 7.05 Å². The number of amides is 1. The highest BCUT2D eigenvalue weighted by Crippen LogP contribution is 2.27. The van der Waals surface area contributed by atoms with E-state index >= 15 is 0 Å². The Morgan fingerprint density at radius 2 is 2.17 bits per heavy atom. The first-order valence-electron chi connectivity index (χ1n) is 5.81. The van der Waals surface area contributed by atoms with Gasteiger partial charge in [0.05, 0.1) is 0 Å². The molecule has 0 unspecified atom stereocenters. The Morgan fingerprint density at radius 3 is 2.78 bits per heavy atom. The molecule has 0 aliphatic rings. The summed E-state index contributed by atoms with van der Waals surface area (Å²) in [4.78, 5) is 13.2. The number of hydrogen-bond donors (Lipinski definition) is 2. The molecule has 0 atom stereocenters. The first-order chi connectivity index (χ1) is 8.43. The molecule has 1 amide bonds. The third kappa shape index (κ3) is 4.31. The highest BCUT2D eigenvalue weighted by molar-refractivity contribution is 9.10. The van der Waals surface area contributed by atoms with E-state index in [0.717, 1.165) is 15.6 Å². The van der Waals surface area contributed by atoms with Gasteiger partial charge in [-0.3, -0.25) is 4.79 Å². The van der Waals surface area contributed by atoms with Crippen LogP contribution < -0.4 is 5.32 Å². The number of phenolic OH excluding ortho intramolecular Hbond substituents is 1. The molecule has 0 aromatic heterocycles. The molecule has 0 bridgehead atoms. The Morgan fingerprint density at radius 1 is 1.50 bits per heavy atom. The van der Waals surface area contributed by atoms with E-state index in [1.165, 1.54) is 0 Å². The second kappa shape index (κ2) is 6.75. The molecule has 1 aromatic carbocycles. The predicted molar refractivity (Wildman–Crippen MR) is 75.6 cm³/mol. The Balaban J connectivity index is 2.64. The summed E-state index contributed by atoms with van der Waals surface area (Å²) in [5.41, 5.74) is 1.71. The van der Waals surface area contributed by atoms with Crippen LogP contribution in [0.15, 0.2) is 16.6 Å². The summed E-state index contributed by atoms with van der Waals surface area (Å²) >= 11 is 3.42. The van der Waals surface area contributed by atoms with Gasteiger partial charge in [0.2, 0.25) is 5.91 Å². The Labute approximate surface area is 116 Å². The zero-order valence-corrected chi connectivity index (χ0v) is 12.5. The van der Waals surface area contributed by atoms with Crippen LogP contribution in [0.5, 0.6) is 5.75 Å². The van der Waals surface area contributed by atoms with Crippen LogP contribution in [-0.2, 0) is 11.3 Å². The fourth-order valence-corrected chi connectivity index (χ4v) is 2.33. The molecule has 0 saturated carbocycles. The molecule has 1 rings (SSSR count). The van der Waals surface area contributed by atoms with Gasteiger partial charge in [-0.05, 0) is 31.7 Å². The lowest BCUT2D eigenvalue weighted by molar-refractivity contribution is -0.120. The Kier molecular flexibility index (Phi) is 5.62. The number of carbonyl (C=O) groups is 1. The summed E-state index contributed by atoms with van der Waals surface area (Å²) in [5.74, 6) is 0.349. The average molecular weight is 315 g/mol. The standard InChI is InChI=1S/C13H19BrN2O2/c1-9-6-11(14)7-10(13(9)18)8-16(3)5-4-12(17)15-2/h6-7,18H,4-5,8H2,1-3H3,(H,15,17). The van der Waals surface area contributed by atoms with Gasteiger partial charge >= 0.3 is 0 Å². The zero-order chi connectivity index (χ0) is 13.7. The van der Waals surface area contributed by atoms with Crippen LogP contribution >= 0.6 is 15.9 Å². The number of phenols is 1. The molecule has 18 heavy (non-hydrogen) atoms. The normalized spacial score (nSPS) is 10.7. The molecule has 0 heterocycles. The van der Waals surface area contributed by atoms with Gasteiger partial charge in [-0.25, -0.2) is 0 Å². The quantitative estimate of drug-likeness (QED) is 0.874. The molecule has 1 aromatic rings. The van der Waals surface area contributed by atoms with Crippen molar-refractivity contribution in [2.75, 3.05) is 20.6 Å². The highest BCUT2D eigenvalue weighted by Gasteiger charge is 2.09. The minimum Gasteiger partial charge on any atom is -0.507 e. The van der Waals surface area contributed by atoms with Crippen molar-refractivity contribution in [3.63, 3.8) is 0 Å². The molecular weight excluding hydrogens is 296 g/mol. The van der Waals surface area contributed by atoms with Crippen molar-refractivity contribution in [3.05, 3.63) is 27.7 Å². The monoisotopic (exact) mass is 314 g/mol. The van der Waals surface area contributed by atoms with Gasteiger partial charge in [-0.2, -0.15) is 0 Å². The topological polar surface area (TPSA) is 52.6 Å². The average Bonchev–Trinajstić information content (AvgIpc) is 2.32. The fourth-order valence-electron chi connectivity index (χ4n) is 1.71. The number of hydrogen-bond acceptors (Lipinski definition) is 3. The van der Waals surface area contributed by atoms with Crippen LogP contribution in [0, 0.1) is 6.92 Å². The lowest BCUT2D eigenvalue weighted by atomic mass is 10.1. The SMILES string of the molecule is CNC(=O)CCN(C)Cc1cc(Br)cc(C)c1O. The van der Waals surface area contributed by atoms with E-state index in [0.29, 0.717) is 25.3 Å². The molecule has 0 aliphatic carbocycles. The third-order valence-corrected chi connectivity index (χ3v) is 3.24. The van der Waals surface area contributed by atoms with Gasteiger partial charge in [-0.15, -0.1) is 0 Å². The maximum Gasteiger partial charge on any atom is 0.221 e. The van der Waals surface area contributed by atoms with Crippen molar-refractivity contribution in [3.8, 4) is 5.75 Å². The van der Waals surface area contributed by atoms with Crippen molar-refractivity contribution < 1.29 is 9.90 Å². The molecule has 4 nitrogen and oxygen atoms in total. The maximum absolute atomic E-state index is 11.1. The van der Waals surface area contributed by atoms with Gasteiger partial charge in [0.1, 0.15) is 5.75 Å². The van der Waals surface area contributed by atoms with E-state index < -0.39 is 0 Å². The minimum atomic E-state index is 0.0245. The number of halogens is 1. The van der Waals surface area contributed by atoms with Gasteiger partial charge in [0.15, 0.2) is 0 Å². The molecule has 5 heteroatoms. The van der Waals surface area contributed by atoms with Crippen LogP contribution in [0.1, 0.15) is 17.5 Å². The summed E-state index contributed by atoms with van der Waals surface area (Å²) in [5, 5.41) is 12.6. The zero-order valence-electron chi connectivity index (χ0n) is 11.0. The molecule has 0 saturated heterocycles. The summed E-state index contributed by atoms with van der Waals surface area (Å²) in [7, 11) is 3.56. The lowest BCUT2D eigenvalue weighted by Crippen LogP contribution is -2.26. The number of carbonyl (C=O) groups excluding carboxylic acids is 1. The highest BCUT2D eigenvalue weighted by atomic mass is 79.9. The first kappa shape index (κ1) is 15.0. The van der Waals surface area contributed by atoms with Crippen molar-refractivity contribution >= 4 is 21.8 Å². The fraction of sp³-hybridized carbons (Fsp3) is 0.462. The molecule has 0 aliphatic heterocycles. The van der Waals surface area contributed by atoms with E-state index in [9.17, 15) is 9.90 Å². The van der Waals surface area contributed by atoms with Crippen LogP contribution in [-0.4, -0.2) is 36.6 Å². The van der Waals surface area contributed by atoms with Crippen molar-refractivity contribution in [2.24, 2.45) is 0 Å². The van der Waals surface area contributed by atoms with Gasteiger partial charge in [0, 0.05) is 36.6 Å². The van der Waals surface area contributed by atoms with Gasteiger partial charge in [0.25, 0.3) is 0 Å². The molecule has 100 valence electrons. The summed E-state index contributed by atoms with van der Waals surface area (Å²) < 4.78 is 0.951. The summed E-state index contributed by atoms with van der Waals surface area (Å²) in [6, 6.07) is 3.78. The smallest absolute Gasteiger partial charge is 0.221 e. The lowest BCUT2D eigenvalue weighted by Gasteiger charge is -2.18. The van der Waals surface area contributed by atoms with E-state index in [4.69, 9.17) is 0 Å². The predicted octanol–water partition coefficient (Wildman–Crippen LogP) is 2.03. The first-order valence-corrected chi connectivity index (χ1v) is 6.60. The largest absolute Gasteiger partial charge is 0.507 e. The van der Waals surface area contributed by atoms with E-state index in [-0.39, 0.29) is 5.91 Å². The Hall–Kier alpha value is -1.07. The number of rotatable bonds is 5. The molecular formula is C13H19BrN2O2. The number of aryl methyl sites for hydroxylation is 1. The number of nitrogens with zero attached hydrogens (tertiary/aromatic N) is 1. The number of aromatic hydroxyl groups is 1. The molecule has 0 radical (unpaired) electrons. The van der Waals surface area contributed by atoms with E-state index in [2.05, 4.69) is 21.2 Å². The summed E-state index contributed by atoms with van der Waals surface area (Å²) in [6.07, 6.45) is 0.459. The minimum absolute atomic E-state index is 0.0245. The van der Waals surface area contributed by atoms with Crippen LogP contribution in [0.3, 0.4) is 0 Å². The maximum atomic E-state index is 11.1. The molecule has 2 N–H and O–H groups in total. The second-order valence-electron chi connectivity index (χ2n) is 4.39. The third-order valence-electron chi connectivity index (χ3n) is 2.78. The van der Waals surface area contributed by atoms with Crippen LogP contribution in [0.25, 0.3) is 0 Å². The Bertz CT molecular complexity index is 435. The van der Waals surface area contributed by atoms with Crippen molar-refractivity contribution in [1.29, 1.82) is 0 Å². The second-order valence-corrected chi connectivity index (χ2v) is 5.31. The van der Waals surface area contributed by atoms with Crippen LogP contribution in [0.4, 0.5) is 0 Å². The molecule has 0 spiro atoms. The van der Waals surface area contributed by atoms with Crippen molar-refractivity contribution in [1.82, 2.24) is 10.2 Å².